The molecule has 148 valence electrons. The zero-order chi connectivity index (χ0) is 20.7. The van der Waals surface area contributed by atoms with Crippen molar-refractivity contribution in [3.63, 3.8) is 0 Å². The van der Waals surface area contributed by atoms with Crippen molar-refractivity contribution >= 4 is 22.6 Å². The van der Waals surface area contributed by atoms with Gasteiger partial charge in [-0.25, -0.2) is 13.4 Å². The third-order valence-electron chi connectivity index (χ3n) is 2.69. The average Bonchev–Trinajstić information content (AvgIpc) is 2.52. The SMILES string of the molecule is CN=CN=C/C(=C\C=C\C(F)(F)F)NS(=O)(=O)c1ccccc1C(F)(F)F. The standard InChI is InChI=1S/C15H13F6N3O2S/c1-22-10-23-9-11(5-4-8-14(16,17)18)24-27(25,26)13-7-3-2-6-12(13)15(19,20)21/h2-10,24H,1H3/b8-4+,11-5+,22-10?,23-9?. The van der Waals surface area contributed by atoms with Gasteiger partial charge in [0.15, 0.2) is 0 Å². The van der Waals surface area contributed by atoms with Gasteiger partial charge in [0.1, 0.15) is 6.34 Å². The Kier molecular flexibility index (Phi) is 7.34. The molecule has 0 heterocycles. The molecule has 0 radical (unpaired) electrons. The van der Waals surface area contributed by atoms with Crippen molar-refractivity contribution in [2.45, 2.75) is 17.2 Å². The summed E-state index contributed by atoms with van der Waals surface area (Å²) in [6.07, 6.45) is -6.88. The molecule has 27 heavy (non-hydrogen) atoms. The first kappa shape index (κ1) is 22.4. The van der Waals surface area contributed by atoms with Crippen molar-refractivity contribution in [3.8, 4) is 0 Å². The Balaban J connectivity index is 3.32. The first-order chi connectivity index (χ1) is 12.4. The van der Waals surface area contributed by atoms with Crippen LogP contribution in [0.2, 0.25) is 0 Å². The third-order valence-corrected chi connectivity index (χ3v) is 4.13. The second-order valence-corrected chi connectivity index (χ2v) is 6.42. The van der Waals surface area contributed by atoms with E-state index in [0.29, 0.717) is 18.2 Å². The lowest BCUT2D eigenvalue weighted by Gasteiger charge is -2.14. The van der Waals surface area contributed by atoms with Crippen LogP contribution in [-0.2, 0) is 16.2 Å². The number of benzene rings is 1. The molecule has 0 bridgehead atoms. The van der Waals surface area contributed by atoms with Crippen LogP contribution in [0.15, 0.2) is 63.1 Å². The normalized spacial score (nSPS) is 14.6. The Labute approximate surface area is 150 Å². The lowest BCUT2D eigenvalue weighted by molar-refractivity contribution is -0.139. The molecule has 5 nitrogen and oxygen atoms in total. The summed E-state index contributed by atoms with van der Waals surface area (Å²) < 4.78 is 102. The van der Waals surface area contributed by atoms with Crippen molar-refractivity contribution in [1.82, 2.24) is 4.72 Å². The van der Waals surface area contributed by atoms with E-state index in [-0.39, 0.29) is 6.08 Å². The molecule has 0 aliphatic rings. The predicted molar refractivity (Wildman–Crippen MR) is 88.0 cm³/mol. The fourth-order valence-electron chi connectivity index (χ4n) is 1.69. The van der Waals surface area contributed by atoms with Crippen LogP contribution in [0.3, 0.4) is 0 Å². The minimum Gasteiger partial charge on any atom is -0.278 e. The van der Waals surface area contributed by atoms with Crippen LogP contribution >= 0.6 is 0 Å². The number of hydrogen-bond acceptors (Lipinski definition) is 3. The summed E-state index contributed by atoms with van der Waals surface area (Å²) >= 11 is 0. The number of nitrogens with one attached hydrogen (secondary N) is 1. The van der Waals surface area contributed by atoms with Crippen LogP contribution in [0.1, 0.15) is 5.56 Å². The molecule has 0 spiro atoms. The molecule has 0 aliphatic heterocycles. The van der Waals surface area contributed by atoms with Crippen LogP contribution in [0.5, 0.6) is 0 Å². The number of alkyl halides is 6. The van der Waals surface area contributed by atoms with Gasteiger partial charge in [0.25, 0.3) is 10.0 Å². The highest BCUT2D eigenvalue weighted by Gasteiger charge is 2.37. The van der Waals surface area contributed by atoms with Gasteiger partial charge in [-0.3, -0.25) is 9.71 Å². The number of hydrogen-bond donors (Lipinski definition) is 1. The van der Waals surface area contributed by atoms with E-state index in [4.69, 9.17) is 0 Å². The summed E-state index contributed by atoms with van der Waals surface area (Å²) in [5, 5.41) is 0. The van der Waals surface area contributed by atoms with E-state index in [9.17, 15) is 34.8 Å². The minimum atomic E-state index is -4.95. The number of rotatable bonds is 6. The molecule has 1 aromatic rings. The van der Waals surface area contributed by atoms with Crippen molar-refractivity contribution in [3.05, 3.63) is 53.8 Å². The molecule has 0 saturated carbocycles. The Morgan fingerprint density at radius 2 is 1.74 bits per heavy atom. The summed E-state index contributed by atoms with van der Waals surface area (Å²) in [5.74, 6) is 0. The maximum Gasteiger partial charge on any atom is 0.417 e. The molecular formula is C15H13F6N3O2S. The van der Waals surface area contributed by atoms with Crippen molar-refractivity contribution in [2.24, 2.45) is 9.98 Å². The highest BCUT2D eigenvalue weighted by molar-refractivity contribution is 7.89. The molecule has 0 unspecified atom stereocenters. The Morgan fingerprint density at radius 1 is 1.11 bits per heavy atom. The first-order valence-electron chi connectivity index (χ1n) is 6.96. The Bertz CT molecular complexity index is 868. The van der Waals surface area contributed by atoms with E-state index in [1.54, 1.807) is 4.72 Å². The molecule has 1 rings (SSSR count). The summed E-state index contributed by atoms with van der Waals surface area (Å²) in [6, 6.07) is 3.37. The fraction of sp³-hybridized carbons (Fsp3) is 0.200. The van der Waals surface area contributed by atoms with Crippen LogP contribution in [0.4, 0.5) is 26.3 Å². The molecule has 0 saturated heterocycles. The third kappa shape index (κ3) is 7.64. The summed E-state index contributed by atoms with van der Waals surface area (Å²) in [6.45, 7) is 0. The Morgan fingerprint density at radius 3 is 2.30 bits per heavy atom. The molecule has 0 fully saturated rings. The predicted octanol–water partition coefficient (Wildman–Crippen LogP) is 3.72. The van der Waals surface area contributed by atoms with Crippen molar-refractivity contribution in [2.75, 3.05) is 7.05 Å². The minimum absolute atomic E-state index is 0.188. The van der Waals surface area contributed by atoms with E-state index < -0.39 is 38.5 Å². The van der Waals surface area contributed by atoms with Gasteiger partial charge >= 0.3 is 12.4 Å². The number of aliphatic imine (C=N–C) groups is 2. The molecule has 0 aromatic heterocycles. The van der Waals surface area contributed by atoms with Crippen LogP contribution < -0.4 is 4.72 Å². The molecular weight excluding hydrogens is 400 g/mol. The monoisotopic (exact) mass is 413 g/mol. The zero-order valence-corrected chi connectivity index (χ0v) is 14.4. The topological polar surface area (TPSA) is 70.9 Å². The molecule has 12 heteroatoms. The average molecular weight is 413 g/mol. The molecule has 1 aromatic carbocycles. The second-order valence-electron chi connectivity index (χ2n) is 4.77. The van der Waals surface area contributed by atoms with E-state index in [2.05, 4.69) is 9.98 Å². The van der Waals surface area contributed by atoms with E-state index >= 15 is 0 Å². The lowest BCUT2D eigenvalue weighted by Crippen LogP contribution is -2.26. The highest BCUT2D eigenvalue weighted by atomic mass is 32.2. The largest absolute Gasteiger partial charge is 0.417 e. The summed E-state index contributed by atoms with van der Waals surface area (Å²) in [4.78, 5) is 5.88. The number of halogens is 6. The fourth-order valence-corrected chi connectivity index (χ4v) is 2.96. The van der Waals surface area contributed by atoms with Gasteiger partial charge in [0.05, 0.1) is 22.4 Å². The molecule has 1 N–H and O–H groups in total. The number of allylic oxidation sites excluding steroid dienone is 4. The van der Waals surface area contributed by atoms with Gasteiger partial charge in [0, 0.05) is 13.1 Å². The van der Waals surface area contributed by atoms with Crippen LogP contribution in [0.25, 0.3) is 0 Å². The quantitative estimate of drug-likeness (QED) is 0.334. The maximum atomic E-state index is 13.0. The molecule has 0 amide bonds. The maximum absolute atomic E-state index is 13.0. The first-order valence-corrected chi connectivity index (χ1v) is 8.44. The number of nitrogens with zero attached hydrogens (tertiary/aromatic N) is 2. The molecule has 0 aliphatic carbocycles. The van der Waals surface area contributed by atoms with E-state index in [1.165, 1.54) is 7.05 Å². The van der Waals surface area contributed by atoms with Crippen molar-refractivity contribution < 1.29 is 34.8 Å². The van der Waals surface area contributed by atoms with Gasteiger partial charge < -0.3 is 0 Å². The van der Waals surface area contributed by atoms with E-state index in [1.807, 2.05) is 0 Å². The highest BCUT2D eigenvalue weighted by Crippen LogP contribution is 2.33. The van der Waals surface area contributed by atoms with Crippen LogP contribution in [-0.4, -0.2) is 34.2 Å². The van der Waals surface area contributed by atoms with Crippen molar-refractivity contribution in [1.29, 1.82) is 0 Å². The van der Waals surface area contributed by atoms with Gasteiger partial charge in [-0.1, -0.05) is 18.2 Å². The van der Waals surface area contributed by atoms with Gasteiger partial charge in [0.2, 0.25) is 0 Å². The summed E-state index contributed by atoms with van der Waals surface area (Å²) in [5.41, 5.74) is -1.93. The summed E-state index contributed by atoms with van der Waals surface area (Å²) in [7, 11) is -3.44. The Hall–Kier alpha value is -2.63. The van der Waals surface area contributed by atoms with Gasteiger partial charge in [-0.15, -0.1) is 0 Å². The zero-order valence-electron chi connectivity index (χ0n) is 13.6. The smallest absolute Gasteiger partial charge is 0.278 e. The van der Waals surface area contributed by atoms with Crippen LogP contribution in [0, 0.1) is 0 Å². The second kappa shape index (κ2) is 8.84. The lowest BCUT2D eigenvalue weighted by atomic mass is 10.2. The molecule has 0 atom stereocenters. The van der Waals surface area contributed by atoms with Gasteiger partial charge in [-0.2, -0.15) is 26.3 Å². The van der Waals surface area contributed by atoms with Gasteiger partial charge in [-0.05, 0) is 18.2 Å². The number of sulfonamides is 1. The van der Waals surface area contributed by atoms with E-state index in [0.717, 1.165) is 30.8 Å².